The van der Waals surface area contributed by atoms with Crippen LogP contribution in [0.5, 0.6) is 0 Å². The van der Waals surface area contributed by atoms with E-state index in [0.29, 0.717) is 10.5 Å². The van der Waals surface area contributed by atoms with Gasteiger partial charge in [0.15, 0.2) is 16.2 Å². The molecule has 0 spiro atoms. The van der Waals surface area contributed by atoms with Gasteiger partial charge in [-0.15, -0.1) is 4.59 Å². The van der Waals surface area contributed by atoms with Crippen LogP contribution in [0.4, 0.5) is 0 Å². The van der Waals surface area contributed by atoms with E-state index in [2.05, 4.69) is 10.1 Å². The van der Waals surface area contributed by atoms with Gasteiger partial charge in [0.2, 0.25) is 0 Å². The second-order valence-corrected chi connectivity index (χ2v) is 7.00. The minimum Gasteiger partial charge on any atom is -0.224 e. The molecule has 0 saturated heterocycles. The number of nitrogens with zero attached hydrogens (tertiary/aromatic N) is 3. The first-order chi connectivity index (χ1) is 9.98. The van der Waals surface area contributed by atoms with Crippen molar-refractivity contribution in [3.8, 4) is 0 Å². The molecule has 1 unspecified atom stereocenters. The van der Waals surface area contributed by atoms with Crippen LogP contribution in [0.25, 0.3) is 5.57 Å². The average molecular weight is 302 g/mol. The van der Waals surface area contributed by atoms with Gasteiger partial charge in [-0.3, -0.25) is 0 Å². The Labute approximate surface area is 124 Å². The fourth-order valence-corrected chi connectivity index (χ4v) is 3.53. The van der Waals surface area contributed by atoms with Crippen LogP contribution in [0, 0.1) is 0 Å². The lowest BCUT2D eigenvalue weighted by atomic mass is 10.0. The van der Waals surface area contributed by atoms with E-state index in [9.17, 15) is 8.42 Å². The van der Waals surface area contributed by atoms with E-state index in [-0.39, 0.29) is 4.59 Å². The minimum atomic E-state index is -3.31. The van der Waals surface area contributed by atoms with E-state index in [1.165, 1.54) is 12.6 Å². The van der Waals surface area contributed by atoms with Crippen LogP contribution in [0.15, 0.2) is 57.6 Å². The van der Waals surface area contributed by atoms with Crippen molar-refractivity contribution in [2.75, 3.05) is 12.8 Å². The molecule has 1 aromatic carbocycles. The van der Waals surface area contributed by atoms with Gasteiger partial charge in [-0.1, -0.05) is 23.3 Å². The second-order valence-electron chi connectivity index (χ2n) is 5.02. The first kappa shape index (κ1) is 13.9. The Morgan fingerprint density at radius 1 is 1.24 bits per heavy atom. The molecule has 2 aliphatic rings. The summed E-state index contributed by atoms with van der Waals surface area (Å²) in [4.78, 5) is 4.68. The maximum Gasteiger partial charge on any atom is 0.268 e. The number of benzene rings is 1. The standard InChI is InChI=1S/C15H16N3O2S/c1-3-18-10-6-8-13(15(18)16-11-17-18)12-7-4-5-9-14(12)21(2,19)20/h4-11H,3H2,1-2H3/q+1. The predicted octanol–water partition coefficient (Wildman–Crippen LogP) is 2.19. The number of likely N-dealkylation sites (N-methyl/N-ethyl adjacent to an activating group) is 1. The number of sulfone groups is 1. The Bertz CT molecular complexity index is 819. The SMILES string of the molecule is CC[N+]12C=CC=C(c3ccccc3S(C)(=O)=O)C1=NC=N2. The quantitative estimate of drug-likeness (QED) is 0.804. The van der Waals surface area contributed by atoms with E-state index in [0.717, 1.165) is 18.0 Å². The molecular formula is C15H16N3O2S+. The van der Waals surface area contributed by atoms with Crippen LogP contribution in [0.3, 0.4) is 0 Å². The summed E-state index contributed by atoms with van der Waals surface area (Å²) in [6.07, 6.45) is 8.50. The topological polar surface area (TPSA) is 58.9 Å². The van der Waals surface area contributed by atoms with E-state index >= 15 is 0 Å². The van der Waals surface area contributed by atoms with E-state index in [4.69, 9.17) is 0 Å². The molecule has 0 fully saturated rings. The molecule has 0 aliphatic carbocycles. The first-order valence-corrected chi connectivity index (χ1v) is 8.56. The number of hydrogen-bond donors (Lipinski definition) is 0. The largest absolute Gasteiger partial charge is 0.268 e. The minimum absolute atomic E-state index is 0.282. The number of allylic oxidation sites excluding steroid dienone is 2. The summed E-state index contributed by atoms with van der Waals surface area (Å²) < 4.78 is 24.3. The van der Waals surface area contributed by atoms with Gasteiger partial charge in [-0.25, -0.2) is 8.42 Å². The first-order valence-electron chi connectivity index (χ1n) is 6.67. The molecule has 6 heteroatoms. The van der Waals surface area contributed by atoms with Crippen LogP contribution < -0.4 is 0 Å². The number of aliphatic imine (C=N–C) groups is 1. The lowest BCUT2D eigenvalue weighted by Crippen LogP contribution is -2.42. The summed E-state index contributed by atoms with van der Waals surface area (Å²) in [5.74, 6) is 0.760. The van der Waals surface area contributed by atoms with Crippen molar-refractivity contribution < 1.29 is 13.0 Å². The highest BCUT2D eigenvalue weighted by Gasteiger charge is 2.40. The van der Waals surface area contributed by atoms with E-state index < -0.39 is 9.84 Å². The van der Waals surface area contributed by atoms with Crippen molar-refractivity contribution in [2.24, 2.45) is 10.1 Å². The third-order valence-electron chi connectivity index (χ3n) is 3.70. The summed E-state index contributed by atoms with van der Waals surface area (Å²) in [6.45, 7) is 2.75. The van der Waals surface area contributed by atoms with Gasteiger partial charge in [0.1, 0.15) is 12.7 Å². The molecule has 0 saturated carbocycles. The van der Waals surface area contributed by atoms with Gasteiger partial charge in [0.05, 0.1) is 10.5 Å². The van der Waals surface area contributed by atoms with Gasteiger partial charge in [-0.2, -0.15) is 4.99 Å². The third-order valence-corrected chi connectivity index (χ3v) is 4.85. The van der Waals surface area contributed by atoms with Gasteiger partial charge in [0.25, 0.3) is 5.84 Å². The van der Waals surface area contributed by atoms with Crippen molar-refractivity contribution in [2.45, 2.75) is 11.8 Å². The summed E-state index contributed by atoms with van der Waals surface area (Å²) in [5, 5.41) is 4.41. The Balaban J connectivity index is 2.20. The number of fused-ring (bicyclic) bond motifs is 1. The van der Waals surface area contributed by atoms with E-state index in [1.54, 1.807) is 12.1 Å². The molecule has 1 atom stereocenters. The molecular weight excluding hydrogens is 286 g/mol. The van der Waals surface area contributed by atoms with Crippen molar-refractivity contribution in [3.63, 3.8) is 0 Å². The Hall–Kier alpha value is -2.05. The highest BCUT2D eigenvalue weighted by Crippen LogP contribution is 2.33. The molecule has 108 valence electrons. The number of amidine groups is 1. The molecule has 2 heterocycles. The summed E-state index contributed by atoms with van der Waals surface area (Å²) in [6, 6.07) is 7.00. The molecule has 5 nitrogen and oxygen atoms in total. The predicted molar refractivity (Wildman–Crippen MR) is 83.4 cm³/mol. The molecule has 1 aromatic rings. The zero-order valence-corrected chi connectivity index (χ0v) is 12.7. The van der Waals surface area contributed by atoms with Crippen LogP contribution >= 0.6 is 0 Å². The Kier molecular flexibility index (Phi) is 3.15. The molecule has 0 bridgehead atoms. The molecule has 0 radical (unpaired) electrons. The zero-order valence-electron chi connectivity index (χ0n) is 11.9. The fraction of sp³-hybridized carbons (Fsp3) is 0.200. The third kappa shape index (κ3) is 2.16. The van der Waals surface area contributed by atoms with Gasteiger partial charge < -0.3 is 0 Å². The van der Waals surface area contributed by atoms with Crippen LogP contribution in [-0.2, 0) is 9.84 Å². The smallest absolute Gasteiger partial charge is 0.224 e. The van der Waals surface area contributed by atoms with Crippen molar-refractivity contribution in [3.05, 3.63) is 48.2 Å². The highest BCUT2D eigenvalue weighted by molar-refractivity contribution is 7.90. The van der Waals surface area contributed by atoms with Crippen molar-refractivity contribution in [1.82, 2.24) is 0 Å². The summed E-state index contributed by atoms with van der Waals surface area (Å²) >= 11 is 0. The molecule has 0 N–H and O–H groups in total. The number of hydrogen-bond acceptors (Lipinski definition) is 4. The van der Waals surface area contributed by atoms with Crippen molar-refractivity contribution in [1.29, 1.82) is 0 Å². The Morgan fingerprint density at radius 3 is 2.71 bits per heavy atom. The lowest BCUT2D eigenvalue weighted by molar-refractivity contribution is -0.789. The second kappa shape index (κ2) is 4.75. The normalized spacial score (nSPS) is 23.7. The molecule has 2 aliphatic heterocycles. The maximum absolute atomic E-state index is 12.0. The lowest BCUT2D eigenvalue weighted by Gasteiger charge is -2.27. The summed E-state index contributed by atoms with van der Waals surface area (Å²) in [7, 11) is -3.31. The molecule has 21 heavy (non-hydrogen) atoms. The maximum atomic E-state index is 12.0. The molecule has 0 amide bonds. The molecule has 3 rings (SSSR count). The van der Waals surface area contributed by atoms with Crippen LogP contribution in [0.1, 0.15) is 12.5 Å². The zero-order chi connectivity index (χ0) is 15.1. The highest BCUT2D eigenvalue weighted by atomic mass is 32.2. The average Bonchev–Trinajstić information content (AvgIpc) is 2.90. The monoisotopic (exact) mass is 302 g/mol. The van der Waals surface area contributed by atoms with Crippen LogP contribution in [-0.4, -0.2) is 38.0 Å². The fourth-order valence-electron chi connectivity index (χ4n) is 2.63. The van der Waals surface area contributed by atoms with Gasteiger partial charge in [-0.05, 0) is 25.1 Å². The van der Waals surface area contributed by atoms with Crippen molar-refractivity contribution >= 4 is 27.6 Å². The summed E-state index contributed by atoms with van der Waals surface area (Å²) in [5.41, 5.74) is 1.47. The number of rotatable bonds is 3. The van der Waals surface area contributed by atoms with Gasteiger partial charge >= 0.3 is 0 Å². The Morgan fingerprint density at radius 2 is 2.00 bits per heavy atom. The van der Waals surface area contributed by atoms with E-state index in [1.807, 2.05) is 37.4 Å². The number of quaternary nitrogens is 1. The van der Waals surface area contributed by atoms with Gasteiger partial charge in [0, 0.05) is 11.8 Å². The molecule has 0 aromatic heterocycles. The van der Waals surface area contributed by atoms with Crippen LogP contribution in [0.2, 0.25) is 0 Å².